The number of benzene rings is 20. The SMILES string of the molecule is CC1(C)c2ccccc2-c2ccc(-c3nc(-c4ccccc4)nc(-c4cccc5c4-c4c(ccc6c4oc4ccccc46)C54c5ccccc5C5(c6ccccc6-c6ccccc65)c5ccccc54)n3)cc21.c1ccc(-c2cc(-c3cccc(-c4cccc5c4-c4c(ccc6c4oc4ccccc46)C54c5ccccc5C5(c6ccccc6-c6ccccc65)c5ccccc54)c3)cc(-c3ccccc3)n2)cc1. The Morgan fingerprint density at radius 2 is 0.468 bits per heavy atom. The molecule has 31 rings (SSSR count). The molecule has 0 aliphatic heterocycles. The molecule has 24 aromatic rings. The van der Waals surface area contributed by atoms with Crippen molar-refractivity contribution in [2.24, 2.45) is 0 Å². The van der Waals surface area contributed by atoms with E-state index in [1.54, 1.807) is 0 Å². The Hall–Kier alpha value is -17.8. The Morgan fingerprint density at radius 1 is 0.163 bits per heavy atom. The van der Waals surface area contributed by atoms with Gasteiger partial charge in [-0.2, -0.15) is 0 Å². The zero-order valence-corrected chi connectivity index (χ0v) is 77.1. The number of nitrogens with zero attached hydrogens (tertiary/aromatic N) is 4. The van der Waals surface area contributed by atoms with Crippen LogP contribution in [0.15, 0.2) is 482 Å². The van der Waals surface area contributed by atoms with Crippen LogP contribution in [0.25, 0.3) is 178 Å². The van der Waals surface area contributed by atoms with Crippen molar-refractivity contribution in [1.82, 2.24) is 19.9 Å². The maximum absolute atomic E-state index is 7.16. The van der Waals surface area contributed by atoms with Crippen molar-refractivity contribution in [3.8, 4) is 135 Å². The number of furan rings is 2. The van der Waals surface area contributed by atoms with E-state index in [1.165, 1.54) is 145 Å². The summed E-state index contributed by atoms with van der Waals surface area (Å²) < 4.78 is 14.3. The largest absolute Gasteiger partial charge is 0.455 e. The van der Waals surface area contributed by atoms with Crippen LogP contribution in [-0.4, -0.2) is 19.9 Å². The summed E-state index contributed by atoms with van der Waals surface area (Å²) in [6, 6.07) is 174. The van der Waals surface area contributed by atoms with Crippen LogP contribution >= 0.6 is 0 Å². The highest BCUT2D eigenvalue weighted by atomic mass is 16.3. The Bertz CT molecular complexity index is 9260. The number of para-hydroxylation sites is 2. The second kappa shape index (κ2) is 29.6. The fourth-order valence-electron chi connectivity index (χ4n) is 26.9. The van der Waals surface area contributed by atoms with Gasteiger partial charge in [0, 0.05) is 71.5 Å². The van der Waals surface area contributed by atoms with Gasteiger partial charge in [0.25, 0.3) is 0 Å². The minimum Gasteiger partial charge on any atom is -0.455 e. The Morgan fingerprint density at radius 3 is 0.915 bits per heavy atom. The maximum Gasteiger partial charge on any atom is 0.164 e. The molecule has 6 heteroatoms. The van der Waals surface area contributed by atoms with Gasteiger partial charge >= 0.3 is 0 Å². The van der Waals surface area contributed by atoms with Crippen LogP contribution in [0.2, 0.25) is 0 Å². The van der Waals surface area contributed by atoms with E-state index in [0.29, 0.717) is 17.5 Å². The predicted molar refractivity (Wildman–Crippen MR) is 571 cm³/mol. The summed E-state index contributed by atoms with van der Waals surface area (Å²) in [5, 5.41) is 4.43. The number of rotatable bonds is 7. The Labute approximate surface area is 815 Å². The zero-order valence-electron chi connectivity index (χ0n) is 77.1. The molecule has 0 fully saturated rings. The lowest BCUT2D eigenvalue weighted by atomic mass is 9.52. The van der Waals surface area contributed by atoms with Gasteiger partial charge in [0.15, 0.2) is 17.5 Å². The highest BCUT2D eigenvalue weighted by molar-refractivity contribution is 6.17. The van der Waals surface area contributed by atoms with Crippen molar-refractivity contribution in [3.05, 3.63) is 573 Å². The van der Waals surface area contributed by atoms with Crippen molar-refractivity contribution in [2.45, 2.75) is 40.9 Å². The molecule has 0 saturated heterocycles. The lowest BCUT2D eigenvalue weighted by Crippen LogP contribution is -2.43. The zero-order chi connectivity index (χ0) is 92.8. The van der Waals surface area contributed by atoms with Crippen molar-refractivity contribution in [3.63, 3.8) is 0 Å². The highest BCUT2D eigenvalue weighted by Crippen LogP contribution is 2.72. The summed E-state index contributed by atoms with van der Waals surface area (Å²) in [5.74, 6) is 1.87. The summed E-state index contributed by atoms with van der Waals surface area (Å²) in [6.07, 6.45) is 0. The molecule has 0 saturated carbocycles. The maximum atomic E-state index is 7.16. The number of fused-ring (bicyclic) bond motifs is 43. The smallest absolute Gasteiger partial charge is 0.164 e. The third kappa shape index (κ3) is 10.6. The fourth-order valence-corrected chi connectivity index (χ4v) is 26.9. The molecule has 20 aromatic carbocycles. The van der Waals surface area contributed by atoms with Crippen LogP contribution in [-0.2, 0) is 27.1 Å². The first kappa shape index (κ1) is 79.4. The summed E-state index contributed by atoms with van der Waals surface area (Å²) in [7, 11) is 0. The molecule has 0 atom stereocenters. The summed E-state index contributed by atoms with van der Waals surface area (Å²) in [4.78, 5) is 21.6. The first-order valence-corrected chi connectivity index (χ1v) is 49.0. The molecule has 0 bridgehead atoms. The molecular weight excluding hydrogens is 1710 g/mol. The normalized spacial score (nSPS) is 14.6. The fraction of sp³-hybridized carbons (Fsp3) is 0.0519. The van der Waals surface area contributed by atoms with Gasteiger partial charge in [0.1, 0.15) is 22.3 Å². The number of hydrogen-bond acceptors (Lipinski definition) is 6. The quantitative estimate of drug-likeness (QED) is 0.158. The molecule has 656 valence electrons. The minimum atomic E-state index is -0.753. The summed E-state index contributed by atoms with van der Waals surface area (Å²) in [6.45, 7) is 4.64. The summed E-state index contributed by atoms with van der Waals surface area (Å²) in [5.41, 5.74) is 47.6. The van der Waals surface area contributed by atoms with Crippen LogP contribution in [0.5, 0.6) is 0 Å². The van der Waals surface area contributed by atoms with Gasteiger partial charge < -0.3 is 8.83 Å². The van der Waals surface area contributed by atoms with Gasteiger partial charge in [-0.25, -0.2) is 19.9 Å². The third-order valence-corrected chi connectivity index (χ3v) is 32.4. The van der Waals surface area contributed by atoms with E-state index in [-0.39, 0.29) is 5.41 Å². The van der Waals surface area contributed by atoms with Crippen LogP contribution in [0.4, 0.5) is 0 Å². The number of pyridine rings is 1. The van der Waals surface area contributed by atoms with E-state index in [0.717, 1.165) is 116 Å². The molecule has 0 unspecified atom stereocenters. The number of aromatic nitrogens is 4. The lowest BCUT2D eigenvalue weighted by molar-refractivity contribution is 0.631. The van der Waals surface area contributed by atoms with Gasteiger partial charge in [-0.15, -0.1) is 0 Å². The van der Waals surface area contributed by atoms with Crippen molar-refractivity contribution in [2.75, 3.05) is 0 Å². The van der Waals surface area contributed by atoms with Gasteiger partial charge in [0.05, 0.1) is 33.0 Å². The molecule has 7 aliphatic carbocycles. The van der Waals surface area contributed by atoms with E-state index >= 15 is 0 Å². The van der Waals surface area contributed by atoms with Gasteiger partial charge in [-0.3, -0.25) is 0 Å². The molecule has 4 spiro atoms. The van der Waals surface area contributed by atoms with Crippen LogP contribution in [0, 0.1) is 0 Å². The molecule has 7 aliphatic rings. The van der Waals surface area contributed by atoms with E-state index in [2.05, 4.69) is 481 Å². The second-order valence-electron chi connectivity index (χ2n) is 39.3. The molecule has 0 N–H and O–H groups in total. The lowest BCUT2D eigenvalue weighted by Gasteiger charge is -2.48. The van der Waals surface area contributed by atoms with Gasteiger partial charge in [-0.1, -0.05) is 451 Å². The average molecular weight is 1790 g/mol. The number of hydrogen-bond donors (Lipinski definition) is 0. The van der Waals surface area contributed by atoms with Gasteiger partial charge in [-0.05, 0) is 198 Å². The standard InChI is InChI=1S/C68H43N3O.C67H41NO/c1-66(2)49-26-10-6-21-42(49)45-36-35-41(39-58(45)66)64-69-63(40-19-4-3-5-20-40)70-65(71-64)48-25-18-33-56-60(48)61-57(38-37-47-46-24-9-17-34-59(46)72-62(47)61)68(56)54-31-15-13-29-52(54)67(53-30-14-16-32-55(53)68)50-27-11-7-22-43(50)44-23-8-12-28-51(44)67;1-3-19-42(20-4-1)60-40-46(41-61(68-60)43-21-5-2-6-22-43)44-23-17-24-45(39-44)47-28-18-35-58-63(47)64-59(38-37-51-50-27-9-16-36-62(50)69-65(51)64)67(58)56-33-14-12-31-54(56)66(55-32-13-15-34-57(55)67)52-29-10-7-25-48(52)49-26-8-11-30-53(49)66/h3-39H,1-2H3;1-41H. The van der Waals surface area contributed by atoms with Crippen LogP contribution in [0.3, 0.4) is 0 Å². The minimum absolute atomic E-state index is 0.190. The monoisotopic (exact) mass is 1790 g/mol. The van der Waals surface area contributed by atoms with E-state index < -0.39 is 21.7 Å². The van der Waals surface area contributed by atoms with Crippen LogP contribution < -0.4 is 0 Å². The van der Waals surface area contributed by atoms with Crippen molar-refractivity contribution < 1.29 is 8.83 Å². The van der Waals surface area contributed by atoms with E-state index in [1.807, 2.05) is 6.07 Å². The highest BCUT2D eigenvalue weighted by Gasteiger charge is 2.62. The second-order valence-corrected chi connectivity index (χ2v) is 39.3. The Balaban J connectivity index is 0.000000132. The van der Waals surface area contributed by atoms with Gasteiger partial charge in [0.2, 0.25) is 0 Å². The van der Waals surface area contributed by atoms with Crippen LogP contribution in [0.1, 0.15) is 114 Å². The summed E-state index contributed by atoms with van der Waals surface area (Å²) >= 11 is 0. The van der Waals surface area contributed by atoms with Crippen molar-refractivity contribution in [1.29, 1.82) is 0 Å². The first-order chi connectivity index (χ1) is 69.7. The third-order valence-electron chi connectivity index (χ3n) is 32.4. The molecule has 0 amide bonds. The van der Waals surface area contributed by atoms with E-state index in [9.17, 15) is 0 Å². The molecular formula is C135H84N4O2. The molecule has 4 heterocycles. The average Bonchev–Trinajstić information content (AvgIpc) is 1.47. The first-order valence-electron chi connectivity index (χ1n) is 49.0. The van der Waals surface area contributed by atoms with Crippen molar-refractivity contribution >= 4 is 43.9 Å². The molecule has 4 aromatic heterocycles. The molecule has 6 nitrogen and oxygen atoms in total. The van der Waals surface area contributed by atoms with E-state index in [4.69, 9.17) is 28.8 Å². The topological polar surface area (TPSA) is 77.8 Å². The molecule has 141 heavy (non-hydrogen) atoms. The molecule has 0 radical (unpaired) electrons. The predicted octanol–water partition coefficient (Wildman–Crippen LogP) is 32.8. The Kier molecular flexibility index (Phi) is 16.7.